The van der Waals surface area contributed by atoms with Crippen molar-refractivity contribution in [1.82, 2.24) is 24.4 Å². The molecule has 0 aliphatic carbocycles. The van der Waals surface area contributed by atoms with Crippen LogP contribution in [0.4, 0.5) is 0 Å². The van der Waals surface area contributed by atoms with Crippen molar-refractivity contribution >= 4 is 11.2 Å². The lowest BCUT2D eigenvalue weighted by Gasteiger charge is -2.18. The highest BCUT2D eigenvalue weighted by atomic mass is 16.6. The number of methoxy groups -OCH3 is 1. The molecule has 5 rings (SSSR count). The van der Waals surface area contributed by atoms with Crippen molar-refractivity contribution in [1.29, 1.82) is 5.26 Å². The summed E-state index contributed by atoms with van der Waals surface area (Å²) in [5, 5.41) is 19.7. The van der Waals surface area contributed by atoms with Crippen LogP contribution in [0.1, 0.15) is 35.5 Å². The Morgan fingerprint density at radius 2 is 2.10 bits per heavy atom. The zero-order valence-corrected chi connectivity index (χ0v) is 16.8. The van der Waals surface area contributed by atoms with E-state index in [0.717, 1.165) is 18.8 Å². The minimum absolute atomic E-state index is 0.241. The summed E-state index contributed by atoms with van der Waals surface area (Å²) >= 11 is 0. The first-order valence-electron chi connectivity index (χ1n) is 9.86. The number of hydrogen-bond donors (Lipinski definition) is 1. The zero-order valence-electron chi connectivity index (χ0n) is 16.8. The Morgan fingerprint density at radius 3 is 2.87 bits per heavy atom. The van der Waals surface area contributed by atoms with Crippen LogP contribution in [0.15, 0.2) is 30.9 Å². The second-order valence-electron chi connectivity index (χ2n) is 7.81. The summed E-state index contributed by atoms with van der Waals surface area (Å²) in [4.78, 5) is 15.6. The molecule has 3 aromatic rings. The molecule has 0 bridgehead atoms. The fourth-order valence-corrected chi connectivity index (χ4v) is 4.44. The summed E-state index contributed by atoms with van der Waals surface area (Å²) in [6.45, 7) is 4.04. The maximum atomic E-state index is 10.6. The minimum Gasteiger partial charge on any atom is -0.386 e. The Morgan fingerprint density at radius 1 is 1.27 bits per heavy atom. The first kappa shape index (κ1) is 19.1. The van der Waals surface area contributed by atoms with Gasteiger partial charge in [0.15, 0.2) is 11.9 Å². The maximum Gasteiger partial charge on any atom is 0.165 e. The lowest BCUT2D eigenvalue weighted by molar-refractivity contribution is -0.0302. The van der Waals surface area contributed by atoms with Gasteiger partial charge in [-0.25, -0.2) is 15.0 Å². The van der Waals surface area contributed by atoms with Gasteiger partial charge in [-0.3, -0.25) is 9.47 Å². The van der Waals surface area contributed by atoms with Crippen LogP contribution in [0.25, 0.3) is 11.2 Å². The molecule has 1 aromatic carbocycles. The standard InChI is InChI=1S/C21H22N6O3/c1-12-19(29-2)18(28)21(30-12)27-11-25-17-16(23-10-24-20(17)27)9-26-7-14-4-3-13(6-22)5-15(14)8-26/h3-5,10-12,18-19,21,28H,7-9H2,1-2H3/t12-,18-,19-,21-/m1/s1. The number of benzene rings is 1. The lowest BCUT2D eigenvalue weighted by Crippen LogP contribution is -2.32. The van der Waals surface area contributed by atoms with Crippen LogP contribution >= 0.6 is 0 Å². The summed E-state index contributed by atoms with van der Waals surface area (Å²) in [6, 6.07) is 8.02. The molecule has 30 heavy (non-hydrogen) atoms. The Labute approximate surface area is 173 Å². The van der Waals surface area contributed by atoms with Crippen LogP contribution in [0.2, 0.25) is 0 Å². The molecule has 1 N–H and O–H groups in total. The molecular weight excluding hydrogens is 384 g/mol. The Balaban J connectivity index is 1.40. The first-order chi connectivity index (χ1) is 14.6. The number of nitrogens with zero attached hydrogens (tertiary/aromatic N) is 6. The molecule has 2 aliphatic heterocycles. The molecule has 4 heterocycles. The lowest BCUT2D eigenvalue weighted by atomic mass is 10.1. The topological polar surface area (TPSA) is 109 Å². The molecule has 0 spiro atoms. The number of hydrogen-bond acceptors (Lipinski definition) is 8. The van der Waals surface area contributed by atoms with Crippen LogP contribution in [0.5, 0.6) is 0 Å². The molecule has 9 heteroatoms. The number of nitriles is 1. The van der Waals surface area contributed by atoms with E-state index in [4.69, 9.17) is 14.7 Å². The zero-order chi connectivity index (χ0) is 20.8. The molecule has 4 atom stereocenters. The van der Waals surface area contributed by atoms with Crippen molar-refractivity contribution in [3.63, 3.8) is 0 Å². The van der Waals surface area contributed by atoms with Gasteiger partial charge in [0, 0.05) is 26.7 Å². The molecule has 9 nitrogen and oxygen atoms in total. The van der Waals surface area contributed by atoms with Gasteiger partial charge in [0.05, 0.1) is 29.8 Å². The molecule has 0 unspecified atom stereocenters. The molecule has 1 saturated heterocycles. The molecule has 2 aromatic heterocycles. The highest BCUT2D eigenvalue weighted by molar-refractivity contribution is 5.73. The highest BCUT2D eigenvalue weighted by Gasteiger charge is 2.43. The third-order valence-corrected chi connectivity index (χ3v) is 5.92. The average Bonchev–Trinajstić information content (AvgIpc) is 3.42. The van der Waals surface area contributed by atoms with Crippen molar-refractivity contribution in [3.05, 3.63) is 53.2 Å². The van der Waals surface area contributed by atoms with Crippen LogP contribution in [-0.2, 0) is 29.1 Å². The summed E-state index contributed by atoms with van der Waals surface area (Å²) in [7, 11) is 1.57. The van der Waals surface area contributed by atoms with Gasteiger partial charge in [-0.05, 0) is 30.2 Å². The number of imidazole rings is 1. The monoisotopic (exact) mass is 406 g/mol. The van der Waals surface area contributed by atoms with Gasteiger partial charge in [0.25, 0.3) is 0 Å². The second-order valence-corrected chi connectivity index (χ2v) is 7.81. The Bertz CT molecular complexity index is 1140. The molecule has 0 amide bonds. The van der Waals surface area contributed by atoms with Crippen molar-refractivity contribution in [3.8, 4) is 6.07 Å². The van der Waals surface area contributed by atoms with E-state index in [0.29, 0.717) is 23.3 Å². The second kappa shape index (κ2) is 7.41. The van der Waals surface area contributed by atoms with Crippen molar-refractivity contribution in [2.45, 2.75) is 51.1 Å². The molecule has 0 saturated carbocycles. The van der Waals surface area contributed by atoms with Crippen LogP contribution in [0.3, 0.4) is 0 Å². The van der Waals surface area contributed by atoms with Crippen LogP contribution < -0.4 is 0 Å². The molecule has 0 radical (unpaired) electrons. The third kappa shape index (κ3) is 3.05. The largest absolute Gasteiger partial charge is 0.386 e. The molecular formula is C21H22N6O3. The summed E-state index contributed by atoms with van der Waals surface area (Å²) in [6.07, 6.45) is 1.08. The highest BCUT2D eigenvalue weighted by Crippen LogP contribution is 2.33. The normalized spacial score (nSPS) is 26.2. The van der Waals surface area contributed by atoms with E-state index in [-0.39, 0.29) is 6.10 Å². The van der Waals surface area contributed by atoms with E-state index in [1.165, 1.54) is 17.5 Å². The van der Waals surface area contributed by atoms with E-state index in [1.807, 2.05) is 25.1 Å². The quantitative estimate of drug-likeness (QED) is 0.694. The minimum atomic E-state index is -0.816. The van der Waals surface area contributed by atoms with Gasteiger partial charge in [-0.15, -0.1) is 0 Å². The number of aromatic nitrogens is 4. The first-order valence-corrected chi connectivity index (χ1v) is 9.86. The van der Waals surface area contributed by atoms with Crippen LogP contribution in [0, 0.1) is 11.3 Å². The van der Waals surface area contributed by atoms with Gasteiger partial charge in [0.1, 0.15) is 24.1 Å². The average molecular weight is 406 g/mol. The van der Waals surface area contributed by atoms with Gasteiger partial charge < -0.3 is 14.6 Å². The molecule has 2 aliphatic rings. The smallest absolute Gasteiger partial charge is 0.165 e. The van der Waals surface area contributed by atoms with Crippen molar-refractivity contribution in [2.75, 3.05) is 7.11 Å². The summed E-state index contributed by atoms with van der Waals surface area (Å²) < 4.78 is 13.0. The fraction of sp³-hybridized carbons (Fsp3) is 0.429. The van der Waals surface area contributed by atoms with E-state index >= 15 is 0 Å². The van der Waals surface area contributed by atoms with E-state index in [2.05, 4.69) is 25.9 Å². The maximum absolute atomic E-state index is 10.6. The predicted octanol–water partition coefficient (Wildman–Crippen LogP) is 1.51. The van der Waals surface area contributed by atoms with E-state index < -0.39 is 18.4 Å². The van der Waals surface area contributed by atoms with Crippen molar-refractivity contribution < 1.29 is 14.6 Å². The molecule has 154 valence electrons. The van der Waals surface area contributed by atoms with Gasteiger partial charge >= 0.3 is 0 Å². The Hall–Kier alpha value is -2.90. The van der Waals surface area contributed by atoms with Crippen molar-refractivity contribution in [2.24, 2.45) is 0 Å². The third-order valence-electron chi connectivity index (χ3n) is 5.92. The number of fused-ring (bicyclic) bond motifs is 2. The number of rotatable bonds is 4. The number of ether oxygens (including phenoxy) is 2. The molecule has 1 fully saturated rings. The fourth-order valence-electron chi connectivity index (χ4n) is 4.44. The van der Waals surface area contributed by atoms with Crippen LogP contribution in [-0.4, -0.2) is 54.9 Å². The predicted molar refractivity (Wildman–Crippen MR) is 106 cm³/mol. The van der Waals surface area contributed by atoms with Gasteiger partial charge in [-0.2, -0.15) is 5.26 Å². The summed E-state index contributed by atoms with van der Waals surface area (Å²) in [5.74, 6) is 0. The van der Waals surface area contributed by atoms with E-state index in [9.17, 15) is 5.11 Å². The Kier molecular flexibility index (Phi) is 4.72. The number of aliphatic hydroxyl groups is 1. The van der Waals surface area contributed by atoms with E-state index in [1.54, 1.807) is 18.0 Å². The number of aliphatic hydroxyl groups excluding tert-OH is 1. The van der Waals surface area contributed by atoms with Gasteiger partial charge in [0.2, 0.25) is 0 Å². The van der Waals surface area contributed by atoms with Gasteiger partial charge in [-0.1, -0.05) is 6.07 Å². The SMILES string of the molecule is CO[C@H]1[C@@H](O)[C@H](n2cnc3c(CN4Cc5ccc(C#N)cc5C4)ncnc32)O[C@@H]1C. The summed E-state index contributed by atoms with van der Waals surface area (Å²) in [5.41, 5.74) is 5.21.